The normalized spacial score (nSPS) is 11.6. The summed E-state index contributed by atoms with van der Waals surface area (Å²) in [5.41, 5.74) is 9.24. The third-order valence-electron chi connectivity index (χ3n) is 9.53. The first-order valence-electron chi connectivity index (χ1n) is 18.0. The molecular formula is C47H41IrN3OSi-2. The molecular weight excluding hydrogens is 843 g/mol. The fourth-order valence-corrected chi connectivity index (χ4v) is 8.76. The third-order valence-corrected chi connectivity index (χ3v) is 11.6. The zero-order valence-electron chi connectivity index (χ0n) is 30.6. The van der Waals surface area contributed by atoms with Gasteiger partial charge in [0, 0.05) is 42.8 Å². The zero-order chi connectivity index (χ0) is 35.8. The van der Waals surface area contributed by atoms with E-state index in [9.17, 15) is 0 Å². The second-order valence-corrected chi connectivity index (χ2v) is 19.8. The van der Waals surface area contributed by atoms with Crippen LogP contribution in [0.25, 0.3) is 72.1 Å². The van der Waals surface area contributed by atoms with E-state index in [0.29, 0.717) is 5.92 Å². The van der Waals surface area contributed by atoms with Crippen LogP contribution in [0.2, 0.25) is 19.6 Å². The Balaban J connectivity index is 0.000000180. The van der Waals surface area contributed by atoms with Crippen molar-refractivity contribution in [2.45, 2.75) is 39.9 Å². The molecule has 53 heavy (non-hydrogen) atoms. The molecule has 6 heteroatoms. The van der Waals surface area contributed by atoms with Crippen LogP contribution in [-0.4, -0.2) is 22.6 Å². The van der Waals surface area contributed by atoms with Crippen molar-refractivity contribution in [1.82, 2.24) is 14.5 Å². The van der Waals surface area contributed by atoms with Crippen LogP contribution in [-0.2, 0) is 26.5 Å². The molecule has 0 saturated carbocycles. The third kappa shape index (κ3) is 7.15. The van der Waals surface area contributed by atoms with Gasteiger partial charge >= 0.3 is 0 Å². The van der Waals surface area contributed by atoms with Crippen LogP contribution in [0.15, 0.2) is 144 Å². The summed E-state index contributed by atoms with van der Waals surface area (Å²) < 4.78 is 8.56. The Kier molecular flexibility index (Phi) is 10.3. The van der Waals surface area contributed by atoms with E-state index in [1.165, 1.54) is 21.5 Å². The van der Waals surface area contributed by atoms with Gasteiger partial charge in [0.25, 0.3) is 0 Å². The Morgan fingerprint density at radius 3 is 2.23 bits per heavy atom. The molecule has 0 amide bonds. The molecule has 265 valence electrons. The molecule has 3 aromatic heterocycles. The summed E-state index contributed by atoms with van der Waals surface area (Å²) in [4.78, 5) is 9.79. The average molecular weight is 884 g/mol. The summed E-state index contributed by atoms with van der Waals surface area (Å²) in [6.45, 7) is 11.7. The second kappa shape index (κ2) is 15.1. The molecule has 0 unspecified atom stereocenters. The molecule has 9 aromatic rings. The maximum Gasteiger partial charge on any atom is 0.120 e. The van der Waals surface area contributed by atoms with Gasteiger partial charge in [0.1, 0.15) is 5.58 Å². The van der Waals surface area contributed by atoms with Gasteiger partial charge in [-0.3, -0.25) is 4.98 Å². The summed E-state index contributed by atoms with van der Waals surface area (Å²) in [6, 6.07) is 52.3. The topological polar surface area (TPSA) is 43.9 Å². The average Bonchev–Trinajstić information content (AvgIpc) is 3.74. The van der Waals surface area contributed by atoms with Crippen molar-refractivity contribution in [3.63, 3.8) is 0 Å². The van der Waals surface area contributed by atoms with E-state index in [2.05, 4.69) is 146 Å². The number of imidazole rings is 1. The van der Waals surface area contributed by atoms with Crippen LogP contribution in [0.1, 0.15) is 19.4 Å². The van der Waals surface area contributed by atoms with Gasteiger partial charge in [0.2, 0.25) is 0 Å². The quantitative estimate of drug-likeness (QED) is 0.123. The fraction of sp³-hybridized carbons (Fsp3) is 0.149. The number of hydrogen-bond donors (Lipinski definition) is 0. The first-order chi connectivity index (χ1) is 25.3. The number of pyridine rings is 1. The molecule has 4 nitrogen and oxygen atoms in total. The van der Waals surface area contributed by atoms with Crippen LogP contribution < -0.4 is 5.19 Å². The predicted molar refractivity (Wildman–Crippen MR) is 220 cm³/mol. The standard InChI is InChI=1S/C29H17N2O.C18H24NSi.Ir/c1-2-10-20(11-3-1)31-27-21-12-5-4-9-19(21)17-18-25(27)30-29(31)24-15-8-14-23-22-13-6-7-16-26(22)32-28(23)24;1-14(2)11-16-12-17(15-9-7-6-8-10-15)19-13-18(16)20(3,4)5;/h1-14,16-18H;6-9,12-14H,11H2,1-5H3;/q2*-1;. The number of hydrogen-bond acceptors (Lipinski definition) is 3. The first kappa shape index (κ1) is 36.2. The summed E-state index contributed by atoms with van der Waals surface area (Å²) >= 11 is 0. The summed E-state index contributed by atoms with van der Waals surface area (Å²) in [5.74, 6) is 1.49. The van der Waals surface area contributed by atoms with E-state index in [-0.39, 0.29) is 20.1 Å². The number of fused-ring (bicyclic) bond motifs is 6. The van der Waals surface area contributed by atoms with Crippen molar-refractivity contribution in [2.75, 3.05) is 0 Å². The summed E-state index contributed by atoms with van der Waals surface area (Å²) in [7, 11) is -1.34. The van der Waals surface area contributed by atoms with Crippen LogP contribution >= 0.6 is 0 Å². The van der Waals surface area contributed by atoms with Gasteiger partial charge in [-0.25, -0.2) is 0 Å². The molecule has 0 spiro atoms. The van der Waals surface area contributed by atoms with E-state index < -0.39 is 8.07 Å². The van der Waals surface area contributed by atoms with E-state index in [0.717, 1.165) is 67.7 Å². The molecule has 0 aliphatic heterocycles. The molecule has 1 radical (unpaired) electrons. The largest absolute Gasteiger partial charge is 0.501 e. The number of para-hydroxylation sites is 2. The predicted octanol–water partition coefficient (Wildman–Crippen LogP) is 11.8. The Bertz CT molecular complexity index is 2670. The van der Waals surface area contributed by atoms with Crippen molar-refractivity contribution < 1.29 is 24.5 Å². The number of aromatic nitrogens is 3. The van der Waals surface area contributed by atoms with E-state index >= 15 is 0 Å². The Morgan fingerprint density at radius 2 is 1.47 bits per heavy atom. The molecule has 0 saturated heterocycles. The fourth-order valence-electron chi connectivity index (χ4n) is 7.17. The molecule has 0 N–H and O–H groups in total. The van der Waals surface area contributed by atoms with Crippen LogP contribution in [0.5, 0.6) is 0 Å². The first-order valence-corrected chi connectivity index (χ1v) is 21.5. The van der Waals surface area contributed by atoms with Crippen LogP contribution in [0.4, 0.5) is 0 Å². The summed E-state index contributed by atoms with van der Waals surface area (Å²) in [6.07, 6.45) is 3.24. The van der Waals surface area contributed by atoms with Gasteiger partial charge in [-0.1, -0.05) is 123 Å². The van der Waals surface area contributed by atoms with Gasteiger partial charge in [0.15, 0.2) is 0 Å². The number of furan rings is 1. The number of benzene rings is 6. The van der Waals surface area contributed by atoms with Crippen molar-refractivity contribution in [3.8, 4) is 28.3 Å². The van der Waals surface area contributed by atoms with Gasteiger partial charge in [0.05, 0.1) is 30.5 Å². The molecule has 0 bridgehead atoms. The van der Waals surface area contributed by atoms with Crippen molar-refractivity contribution in [1.29, 1.82) is 0 Å². The minimum atomic E-state index is -1.34. The van der Waals surface area contributed by atoms with Crippen molar-refractivity contribution in [3.05, 3.63) is 157 Å². The number of nitrogens with zero attached hydrogens (tertiary/aromatic N) is 3. The SMILES string of the molecule is CC(C)Cc1cc(-c2[c-]cccc2)ncc1[Si](C)(C)C.[Ir].[c-]1ccc2c(oc3ccccc32)c1-c1nc2ccc3ccccc3c2n1-c1ccccc1. The summed E-state index contributed by atoms with van der Waals surface area (Å²) in [5, 5.41) is 6.03. The minimum absolute atomic E-state index is 0. The zero-order valence-corrected chi connectivity index (χ0v) is 34.0. The molecule has 0 aliphatic rings. The van der Waals surface area contributed by atoms with E-state index in [1.807, 2.05) is 48.5 Å². The maximum absolute atomic E-state index is 6.33. The van der Waals surface area contributed by atoms with Crippen molar-refractivity contribution in [2.24, 2.45) is 5.92 Å². The molecule has 6 aromatic carbocycles. The molecule has 0 fully saturated rings. The second-order valence-electron chi connectivity index (χ2n) is 14.8. The maximum atomic E-state index is 6.33. The van der Waals surface area contributed by atoms with Gasteiger partial charge in [-0.2, -0.15) is 0 Å². The Labute approximate surface area is 325 Å². The van der Waals surface area contributed by atoms with Crippen LogP contribution in [0, 0.1) is 18.1 Å². The molecule has 9 rings (SSSR count). The molecule has 0 aliphatic carbocycles. The van der Waals surface area contributed by atoms with Gasteiger partial charge in [-0.15, -0.1) is 54.1 Å². The molecule has 0 atom stereocenters. The van der Waals surface area contributed by atoms with E-state index in [4.69, 9.17) is 9.40 Å². The Hall–Kier alpha value is -5.13. The number of rotatable bonds is 6. The van der Waals surface area contributed by atoms with E-state index in [1.54, 1.807) is 0 Å². The Morgan fingerprint density at radius 1 is 0.736 bits per heavy atom. The van der Waals surface area contributed by atoms with Crippen molar-refractivity contribution >= 4 is 57.0 Å². The molecule has 3 heterocycles. The smallest absolute Gasteiger partial charge is 0.120 e. The van der Waals surface area contributed by atoms with Crippen LogP contribution in [0.3, 0.4) is 0 Å². The minimum Gasteiger partial charge on any atom is -0.501 e. The van der Waals surface area contributed by atoms with Gasteiger partial charge in [-0.05, 0) is 52.9 Å². The van der Waals surface area contributed by atoms with Gasteiger partial charge < -0.3 is 14.0 Å². The monoisotopic (exact) mass is 884 g/mol.